The maximum absolute atomic E-state index is 10.5. The van der Waals surface area contributed by atoms with Crippen molar-refractivity contribution in [1.82, 2.24) is 4.98 Å². The Morgan fingerprint density at radius 2 is 2.43 bits per heavy atom. The number of thiazole rings is 1. The Labute approximate surface area is 87.2 Å². The predicted molar refractivity (Wildman–Crippen MR) is 57.0 cm³/mol. The lowest BCUT2D eigenvalue weighted by Crippen LogP contribution is -2.30. The number of carbonyl (C=O) groups is 1. The van der Waals surface area contributed by atoms with Gasteiger partial charge in [-0.15, -0.1) is 11.3 Å². The number of aryl methyl sites for hydroxylation is 1. The van der Waals surface area contributed by atoms with Crippen molar-refractivity contribution in [2.45, 2.75) is 26.3 Å². The molecule has 1 heterocycles. The van der Waals surface area contributed by atoms with Crippen LogP contribution in [0.25, 0.3) is 0 Å². The smallest absolute Gasteiger partial charge is 0.305 e. The second kappa shape index (κ2) is 4.41. The minimum atomic E-state index is -0.780. The lowest BCUT2D eigenvalue weighted by Gasteiger charge is -2.22. The number of nitrogens with zero attached hydrogens (tertiary/aromatic N) is 2. The first-order chi connectivity index (χ1) is 6.50. The highest BCUT2D eigenvalue weighted by Crippen LogP contribution is 2.22. The zero-order valence-electron chi connectivity index (χ0n) is 8.52. The number of rotatable bonds is 4. The Morgan fingerprint density at radius 1 is 1.79 bits per heavy atom. The van der Waals surface area contributed by atoms with E-state index < -0.39 is 5.97 Å². The van der Waals surface area contributed by atoms with Crippen LogP contribution in [0.5, 0.6) is 0 Å². The summed E-state index contributed by atoms with van der Waals surface area (Å²) in [5, 5.41) is 9.51. The standard InChI is InChI=1S/C9H14N2O2S/c1-6(4-8(12)13)11(3)9-10-5-7(2)14-9/h5-6H,4H2,1-3H3,(H,12,13). The molecule has 5 heteroatoms. The van der Waals surface area contributed by atoms with Gasteiger partial charge in [-0.05, 0) is 13.8 Å². The van der Waals surface area contributed by atoms with Crippen LogP contribution in [0.15, 0.2) is 6.20 Å². The molecule has 0 aliphatic heterocycles. The molecule has 0 fully saturated rings. The van der Waals surface area contributed by atoms with Crippen molar-refractivity contribution >= 4 is 22.4 Å². The Morgan fingerprint density at radius 3 is 2.86 bits per heavy atom. The van der Waals surface area contributed by atoms with E-state index in [2.05, 4.69) is 4.98 Å². The first-order valence-electron chi connectivity index (χ1n) is 4.37. The number of anilines is 1. The van der Waals surface area contributed by atoms with E-state index in [9.17, 15) is 4.79 Å². The first kappa shape index (κ1) is 11.0. The van der Waals surface area contributed by atoms with Crippen LogP contribution in [0.4, 0.5) is 5.13 Å². The van der Waals surface area contributed by atoms with E-state index in [0.29, 0.717) is 0 Å². The lowest BCUT2D eigenvalue weighted by atomic mass is 10.2. The number of aromatic nitrogens is 1. The van der Waals surface area contributed by atoms with E-state index in [4.69, 9.17) is 5.11 Å². The summed E-state index contributed by atoms with van der Waals surface area (Å²) in [6.45, 7) is 3.86. The van der Waals surface area contributed by atoms with Gasteiger partial charge in [-0.2, -0.15) is 0 Å². The Bertz CT molecular complexity index is 324. The van der Waals surface area contributed by atoms with Crippen LogP contribution >= 0.6 is 11.3 Å². The summed E-state index contributed by atoms with van der Waals surface area (Å²) in [6.07, 6.45) is 1.93. The third kappa shape index (κ3) is 2.70. The molecule has 14 heavy (non-hydrogen) atoms. The van der Waals surface area contributed by atoms with Gasteiger partial charge in [0.05, 0.1) is 6.42 Å². The summed E-state index contributed by atoms with van der Waals surface area (Å²) in [6, 6.07) is -0.0296. The van der Waals surface area contributed by atoms with Crippen molar-refractivity contribution < 1.29 is 9.90 Å². The summed E-state index contributed by atoms with van der Waals surface area (Å²) in [5.41, 5.74) is 0. The van der Waals surface area contributed by atoms with Gasteiger partial charge in [0.15, 0.2) is 5.13 Å². The van der Waals surface area contributed by atoms with Gasteiger partial charge in [0.25, 0.3) is 0 Å². The second-order valence-corrected chi connectivity index (χ2v) is 4.52. The van der Waals surface area contributed by atoms with Gasteiger partial charge in [0, 0.05) is 24.2 Å². The minimum Gasteiger partial charge on any atom is -0.481 e. The number of hydrogen-bond donors (Lipinski definition) is 1. The molecule has 0 amide bonds. The second-order valence-electron chi connectivity index (χ2n) is 3.31. The van der Waals surface area contributed by atoms with Gasteiger partial charge in [0.2, 0.25) is 0 Å². The van der Waals surface area contributed by atoms with Gasteiger partial charge in [0.1, 0.15) is 0 Å². The molecule has 0 aliphatic carbocycles. The van der Waals surface area contributed by atoms with Crippen molar-refractivity contribution in [3.63, 3.8) is 0 Å². The summed E-state index contributed by atoms with van der Waals surface area (Å²) in [4.78, 5) is 17.7. The van der Waals surface area contributed by atoms with Gasteiger partial charge in [-0.25, -0.2) is 4.98 Å². The minimum absolute atomic E-state index is 0.0296. The molecule has 1 aromatic heterocycles. The van der Waals surface area contributed by atoms with E-state index in [1.807, 2.05) is 25.8 Å². The van der Waals surface area contributed by atoms with Crippen molar-refractivity contribution in [2.24, 2.45) is 0 Å². The third-order valence-corrected chi connectivity index (χ3v) is 3.05. The van der Waals surface area contributed by atoms with Crippen LogP contribution in [-0.2, 0) is 4.79 Å². The van der Waals surface area contributed by atoms with E-state index in [-0.39, 0.29) is 12.5 Å². The molecular formula is C9H14N2O2S. The highest BCUT2D eigenvalue weighted by molar-refractivity contribution is 7.15. The molecule has 4 nitrogen and oxygen atoms in total. The largest absolute Gasteiger partial charge is 0.481 e. The summed E-state index contributed by atoms with van der Waals surface area (Å²) in [5.74, 6) is -0.780. The summed E-state index contributed by atoms with van der Waals surface area (Å²) >= 11 is 1.57. The van der Waals surface area contributed by atoms with Crippen LogP contribution in [0.1, 0.15) is 18.2 Å². The van der Waals surface area contributed by atoms with E-state index in [0.717, 1.165) is 10.0 Å². The number of aliphatic carboxylic acids is 1. The molecule has 78 valence electrons. The molecule has 1 atom stereocenters. The zero-order chi connectivity index (χ0) is 10.7. The number of hydrogen-bond acceptors (Lipinski definition) is 4. The monoisotopic (exact) mass is 214 g/mol. The van der Waals surface area contributed by atoms with Crippen molar-refractivity contribution in [3.8, 4) is 0 Å². The average molecular weight is 214 g/mol. The molecule has 0 radical (unpaired) electrons. The molecular weight excluding hydrogens is 200 g/mol. The molecule has 0 aromatic carbocycles. The fourth-order valence-corrected chi connectivity index (χ4v) is 1.91. The molecule has 1 unspecified atom stereocenters. The van der Waals surface area contributed by atoms with Crippen molar-refractivity contribution in [1.29, 1.82) is 0 Å². The average Bonchev–Trinajstić information content (AvgIpc) is 2.49. The molecule has 1 N–H and O–H groups in total. The predicted octanol–water partition coefficient (Wildman–Crippen LogP) is 1.75. The van der Waals surface area contributed by atoms with Crippen LogP contribution in [-0.4, -0.2) is 29.1 Å². The van der Waals surface area contributed by atoms with Gasteiger partial charge in [-0.1, -0.05) is 0 Å². The highest BCUT2D eigenvalue weighted by Gasteiger charge is 2.15. The summed E-state index contributed by atoms with van der Waals surface area (Å²) < 4.78 is 0. The van der Waals surface area contributed by atoms with E-state index in [1.54, 1.807) is 17.5 Å². The first-order valence-corrected chi connectivity index (χ1v) is 5.19. The SMILES string of the molecule is Cc1cnc(N(C)C(C)CC(=O)O)s1. The Kier molecular flexibility index (Phi) is 3.46. The van der Waals surface area contributed by atoms with Gasteiger partial charge < -0.3 is 10.0 Å². The zero-order valence-corrected chi connectivity index (χ0v) is 9.34. The van der Waals surface area contributed by atoms with Crippen molar-refractivity contribution in [3.05, 3.63) is 11.1 Å². The lowest BCUT2D eigenvalue weighted by molar-refractivity contribution is -0.137. The maximum Gasteiger partial charge on any atom is 0.305 e. The molecule has 0 aliphatic rings. The number of carboxylic acid groups (broad SMARTS) is 1. The van der Waals surface area contributed by atoms with Gasteiger partial charge in [-0.3, -0.25) is 4.79 Å². The van der Waals surface area contributed by atoms with E-state index >= 15 is 0 Å². The van der Waals surface area contributed by atoms with Crippen LogP contribution in [0, 0.1) is 6.92 Å². The molecule has 1 aromatic rings. The Hall–Kier alpha value is -1.10. The number of carboxylic acids is 1. The molecule has 1 rings (SSSR count). The third-order valence-electron chi connectivity index (χ3n) is 2.04. The molecule has 0 bridgehead atoms. The quantitative estimate of drug-likeness (QED) is 0.829. The van der Waals surface area contributed by atoms with Crippen LogP contribution in [0.3, 0.4) is 0 Å². The topological polar surface area (TPSA) is 53.4 Å². The van der Waals surface area contributed by atoms with Crippen LogP contribution in [0.2, 0.25) is 0 Å². The van der Waals surface area contributed by atoms with E-state index in [1.165, 1.54) is 0 Å². The highest BCUT2D eigenvalue weighted by atomic mass is 32.1. The molecule has 0 saturated carbocycles. The van der Waals surface area contributed by atoms with Gasteiger partial charge >= 0.3 is 5.97 Å². The summed E-state index contributed by atoms with van der Waals surface area (Å²) in [7, 11) is 1.87. The normalized spacial score (nSPS) is 12.5. The van der Waals surface area contributed by atoms with Crippen LogP contribution < -0.4 is 4.90 Å². The van der Waals surface area contributed by atoms with Crippen molar-refractivity contribution in [2.75, 3.05) is 11.9 Å². The fraction of sp³-hybridized carbons (Fsp3) is 0.556. The molecule has 0 saturated heterocycles. The maximum atomic E-state index is 10.5. The Balaban J connectivity index is 2.65. The molecule has 0 spiro atoms. The fourth-order valence-electron chi connectivity index (χ4n) is 1.08.